The summed E-state index contributed by atoms with van der Waals surface area (Å²) in [7, 11) is -0.00412. The molecule has 0 aromatic carbocycles. The monoisotopic (exact) mass is 147 g/mol. The smallest absolute Gasteiger partial charge is 0.320 e. The highest BCUT2D eigenvalue weighted by molar-refractivity contribution is 6.33. The lowest BCUT2D eigenvalue weighted by molar-refractivity contribution is -0.138. The van der Waals surface area contributed by atoms with Crippen molar-refractivity contribution in [3.8, 4) is 0 Å². The van der Waals surface area contributed by atoms with E-state index >= 15 is 0 Å². The first-order valence-electron chi connectivity index (χ1n) is 3.17. The Labute approximate surface area is 57.1 Å². The molecule has 0 spiro atoms. The van der Waals surface area contributed by atoms with Crippen molar-refractivity contribution < 1.29 is 9.90 Å². The molecule has 0 aliphatic heterocycles. The van der Waals surface area contributed by atoms with Gasteiger partial charge < -0.3 is 10.8 Å². The Morgan fingerprint density at radius 3 is 2.78 bits per heavy atom. The Balaban J connectivity index is 3.27. The maximum atomic E-state index is 10.1. The molecule has 0 fully saturated rings. The van der Waals surface area contributed by atoms with E-state index in [0.29, 0.717) is 6.42 Å². The summed E-state index contributed by atoms with van der Waals surface area (Å²) in [6.07, 6.45) is 0.651. The van der Waals surface area contributed by atoms with Gasteiger partial charge in [-0.1, -0.05) is 12.6 Å². The molecule has 3 nitrogen and oxygen atoms in total. The fraction of sp³-hybridized carbons (Fsp3) is 0.800. The molecule has 4 heteroatoms. The molecule has 0 aromatic rings. The first-order valence-corrected chi connectivity index (χ1v) is 5.58. The number of carbonyl (C=O) groups is 1. The van der Waals surface area contributed by atoms with Gasteiger partial charge in [0.05, 0.1) is 0 Å². The van der Waals surface area contributed by atoms with Gasteiger partial charge in [0, 0.05) is 9.52 Å². The third-order valence-corrected chi connectivity index (χ3v) is 2.30. The molecule has 0 aliphatic rings. The van der Waals surface area contributed by atoms with Gasteiger partial charge in [0.2, 0.25) is 0 Å². The van der Waals surface area contributed by atoms with E-state index in [1.54, 1.807) is 0 Å². The van der Waals surface area contributed by atoms with Crippen LogP contribution < -0.4 is 5.73 Å². The second-order valence-corrected chi connectivity index (χ2v) is 3.79. The lowest BCUT2D eigenvalue weighted by Crippen LogP contribution is -2.29. The van der Waals surface area contributed by atoms with Crippen LogP contribution in [0.1, 0.15) is 6.42 Å². The molecule has 3 N–H and O–H groups in total. The summed E-state index contributed by atoms with van der Waals surface area (Å²) in [5.41, 5.74) is 5.23. The fourth-order valence-electron chi connectivity index (χ4n) is 0.548. The number of hydrogen-bond donors (Lipinski definition) is 2. The standard InChI is InChI=1S/C5H13NO2Si/c1-9-3-2-4(6)5(7)8/h4H,2-3,6,9H2,1H3,(H,7,8)/t4-/m0/s1. The van der Waals surface area contributed by atoms with Crippen LogP contribution in [0.25, 0.3) is 0 Å². The average molecular weight is 147 g/mol. The largest absolute Gasteiger partial charge is 0.480 e. The van der Waals surface area contributed by atoms with Crippen LogP contribution in [0.2, 0.25) is 12.6 Å². The molecule has 0 saturated carbocycles. The second-order valence-electron chi connectivity index (χ2n) is 2.09. The average Bonchev–Trinajstić information content (AvgIpc) is 1.82. The Morgan fingerprint density at radius 1 is 1.89 bits per heavy atom. The Morgan fingerprint density at radius 2 is 2.44 bits per heavy atom. The van der Waals surface area contributed by atoms with Crippen LogP contribution in [0.3, 0.4) is 0 Å². The van der Waals surface area contributed by atoms with Gasteiger partial charge in [0.1, 0.15) is 6.04 Å². The molecule has 0 unspecified atom stereocenters. The SMILES string of the molecule is C[SiH2]CC[C@H](N)C(=O)O. The van der Waals surface area contributed by atoms with Gasteiger partial charge in [-0.3, -0.25) is 4.79 Å². The van der Waals surface area contributed by atoms with Gasteiger partial charge >= 0.3 is 5.97 Å². The molecule has 0 saturated heterocycles. The van der Waals surface area contributed by atoms with Gasteiger partial charge in [-0.2, -0.15) is 0 Å². The second kappa shape index (κ2) is 4.52. The highest BCUT2D eigenvalue weighted by Gasteiger charge is 2.08. The van der Waals surface area contributed by atoms with Crippen molar-refractivity contribution >= 4 is 15.5 Å². The van der Waals surface area contributed by atoms with Crippen LogP contribution in [-0.2, 0) is 4.79 Å². The van der Waals surface area contributed by atoms with E-state index in [9.17, 15) is 4.79 Å². The molecule has 0 aliphatic carbocycles. The zero-order chi connectivity index (χ0) is 7.28. The highest BCUT2D eigenvalue weighted by Crippen LogP contribution is 1.93. The van der Waals surface area contributed by atoms with Crippen LogP contribution in [0.4, 0.5) is 0 Å². The summed E-state index contributed by atoms with van der Waals surface area (Å²) in [6, 6.07) is 0.408. The topological polar surface area (TPSA) is 63.3 Å². The Kier molecular flexibility index (Phi) is 4.34. The minimum Gasteiger partial charge on any atom is -0.480 e. The summed E-state index contributed by atoms with van der Waals surface area (Å²) in [6.45, 7) is 2.15. The van der Waals surface area contributed by atoms with Gasteiger partial charge in [0.25, 0.3) is 0 Å². The van der Waals surface area contributed by atoms with E-state index in [4.69, 9.17) is 10.8 Å². The summed E-state index contributed by atoms with van der Waals surface area (Å²) in [5.74, 6) is -0.877. The Hall–Kier alpha value is -0.353. The maximum absolute atomic E-state index is 10.1. The van der Waals surface area contributed by atoms with Gasteiger partial charge in [-0.05, 0) is 6.42 Å². The molecule has 0 amide bonds. The van der Waals surface area contributed by atoms with Crippen LogP contribution in [-0.4, -0.2) is 26.6 Å². The van der Waals surface area contributed by atoms with Gasteiger partial charge in [-0.25, -0.2) is 0 Å². The van der Waals surface area contributed by atoms with Crippen LogP contribution >= 0.6 is 0 Å². The van der Waals surface area contributed by atoms with E-state index < -0.39 is 12.0 Å². The molecular weight excluding hydrogens is 134 g/mol. The summed E-state index contributed by atoms with van der Waals surface area (Å²) < 4.78 is 0. The summed E-state index contributed by atoms with van der Waals surface area (Å²) in [4.78, 5) is 10.1. The van der Waals surface area contributed by atoms with Crippen molar-refractivity contribution in [3.05, 3.63) is 0 Å². The molecule has 0 heterocycles. The van der Waals surface area contributed by atoms with Crippen molar-refractivity contribution in [3.63, 3.8) is 0 Å². The predicted molar refractivity (Wildman–Crippen MR) is 39.4 cm³/mol. The quantitative estimate of drug-likeness (QED) is 0.523. The number of hydrogen-bond acceptors (Lipinski definition) is 2. The predicted octanol–water partition coefficient (Wildman–Crippen LogP) is -0.576. The Bertz CT molecular complexity index is 97.0. The van der Waals surface area contributed by atoms with Crippen molar-refractivity contribution in [2.75, 3.05) is 0 Å². The number of nitrogens with two attached hydrogens (primary N) is 1. The van der Waals surface area contributed by atoms with Crippen molar-refractivity contribution in [1.29, 1.82) is 0 Å². The minimum atomic E-state index is -0.877. The number of rotatable bonds is 4. The van der Waals surface area contributed by atoms with Gasteiger partial charge in [0.15, 0.2) is 0 Å². The molecule has 1 atom stereocenters. The van der Waals surface area contributed by atoms with Crippen molar-refractivity contribution in [2.24, 2.45) is 5.73 Å². The van der Waals surface area contributed by atoms with E-state index in [2.05, 4.69) is 6.55 Å². The molecule has 0 aromatic heterocycles. The molecule has 0 radical (unpaired) electrons. The third kappa shape index (κ3) is 4.17. The molecule has 0 bridgehead atoms. The highest BCUT2D eigenvalue weighted by atomic mass is 28.2. The lowest BCUT2D eigenvalue weighted by Gasteiger charge is -2.02. The van der Waals surface area contributed by atoms with Crippen molar-refractivity contribution in [2.45, 2.75) is 25.1 Å². The van der Waals surface area contributed by atoms with Crippen molar-refractivity contribution in [1.82, 2.24) is 0 Å². The number of carboxylic acids is 1. The van der Waals surface area contributed by atoms with Gasteiger partial charge in [-0.15, -0.1) is 0 Å². The van der Waals surface area contributed by atoms with E-state index in [0.717, 1.165) is 6.04 Å². The van der Waals surface area contributed by atoms with Crippen LogP contribution in [0.15, 0.2) is 0 Å². The van der Waals surface area contributed by atoms with Crippen LogP contribution in [0.5, 0.6) is 0 Å². The fourth-order valence-corrected chi connectivity index (χ4v) is 1.40. The minimum absolute atomic E-state index is 0.00412. The third-order valence-electron chi connectivity index (χ3n) is 1.19. The number of aliphatic carboxylic acids is 1. The molecule has 0 rings (SSSR count). The van der Waals surface area contributed by atoms with E-state index in [1.165, 1.54) is 0 Å². The summed E-state index contributed by atoms with van der Waals surface area (Å²) in [5, 5.41) is 8.30. The first-order chi connectivity index (χ1) is 4.18. The molecule has 54 valence electrons. The zero-order valence-corrected chi connectivity index (χ0v) is 7.05. The lowest BCUT2D eigenvalue weighted by atomic mass is 10.2. The normalized spacial score (nSPS) is 14.4. The molecule has 9 heavy (non-hydrogen) atoms. The zero-order valence-electron chi connectivity index (χ0n) is 5.63. The van der Waals surface area contributed by atoms with E-state index in [-0.39, 0.29) is 9.52 Å². The van der Waals surface area contributed by atoms with Crippen LogP contribution in [0, 0.1) is 0 Å². The maximum Gasteiger partial charge on any atom is 0.320 e. The van der Waals surface area contributed by atoms with E-state index in [1.807, 2.05) is 0 Å². The number of carboxylic acid groups (broad SMARTS) is 1. The summed E-state index contributed by atoms with van der Waals surface area (Å²) >= 11 is 0. The molecular formula is C5H13NO2Si. The first kappa shape index (κ1) is 8.65.